The number of hydrogen-bond acceptors (Lipinski definition) is 3. The molecule has 3 nitrogen and oxygen atoms in total. The summed E-state index contributed by atoms with van der Waals surface area (Å²) in [4.78, 5) is 0. The van der Waals surface area contributed by atoms with Crippen molar-refractivity contribution in [2.24, 2.45) is 0 Å². The van der Waals surface area contributed by atoms with Gasteiger partial charge in [-0.3, -0.25) is 0 Å². The fraction of sp³-hybridized carbons (Fsp3) is 0.250. The van der Waals surface area contributed by atoms with Gasteiger partial charge in [0.25, 0.3) is 0 Å². The summed E-state index contributed by atoms with van der Waals surface area (Å²) in [6, 6.07) is 8.81. The van der Waals surface area contributed by atoms with Crippen molar-refractivity contribution in [3.8, 4) is 11.5 Å². The van der Waals surface area contributed by atoms with Gasteiger partial charge in [-0.05, 0) is 31.2 Å². The molecule has 0 atom stereocenters. The van der Waals surface area contributed by atoms with E-state index in [0.29, 0.717) is 39.7 Å². The number of ether oxygens (including phenoxy) is 2. The van der Waals surface area contributed by atoms with Gasteiger partial charge in [-0.25, -0.2) is 0 Å². The molecule has 0 aliphatic carbocycles. The lowest BCUT2D eigenvalue weighted by Gasteiger charge is -2.16. The Morgan fingerprint density at radius 3 is 2.50 bits per heavy atom. The van der Waals surface area contributed by atoms with Gasteiger partial charge in [0.15, 0.2) is 11.5 Å². The van der Waals surface area contributed by atoms with E-state index < -0.39 is 0 Å². The molecule has 0 fully saturated rings. The molecule has 118 valence electrons. The molecule has 2 aromatic rings. The summed E-state index contributed by atoms with van der Waals surface area (Å²) in [7, 11) is 1.58. The van der Waals surface area contributed by atoms with Crippen LogP contribution in [0.3, 0.4) is 0 Å². The number of halogens is 3. The minimum absolute atomic E-state index is 0.478. The molecule has 6 heteroatoms. The van der Waals surface area contributed by atoms with E-state index in [1.165, 1.54) is 0 Å². The minimum atomic E-state index is 0.478. The highest BCUT2D eigenvalue weighted by Crippen LogP contribution is 2.35. The molecule has 0 spiro atoms. The van der Waals surface area contributed by atoms with Gasteiger partial charge in [-0.2, -0.15) is 0 Å². The van der Waals surface area contributed by atoms with Crippen LogP contribution in [0.1, 0.15) is 12.5 Å². The molecular weight excluding hydrogens is 345 g/mol. The maximum absolute atomic E-state index is 6.15. The van der Waals surface area contributed by atoms with Crippen LogP contribution in [0.5, 0.6) is 11.5 Å². The molecule has 2 rings (SSSR count). The normalized spacial score (nSPS) is 10.4. The fourth-order valence-electron chi connectivity index (χ4n) is 2.04. The Bertz CT molecular complexity index is 662. The van der Waals surface area contributed by atoms with Gasteiger partial charge < -0.3 is 14.8 Å². The molecule has 0 amide bonds. The summed E-state index contributed by atoms with van der Waals surface area (Å²) in [5.74, 6) is 1.27. The van der Waals surface area contributed by atoms with Gasteiger partial charge in [0, 0.05) is 28.2 Å². The predicted molar refractivity (Wildman–Crippen MR) is 93.0 cm³/mol. The van der Waals surface area contributed by atoms with Gasteiger partial charge in [-0.15, -0.1) is 0 Å². The van der Waals surface area contributed by atoms with E-state index in [1.807, 2.05) is 13.0 Å². The van der Waals surface area contributed by atoms with Gasteiger partial charge in [0.05, 0.1) is 24.4 Å². The van der Waals surface area contributed by atoms with Crippen LogP contribution in [0, 0.1) is 0 Å². The summed E-state index contributed by atoms with van der Waals surface area (Å²) in [5, 5.41) is 5.02. The van der Waals surface area contributed by atoms with Crippen LogP contribution in [0.4, 0.5) is 5.69 Å². The van der Waals surface area contributed by atoms with E-state index in [-0.39, 0.29) is 0 Å². The molecule has 22 heavy (non-hydrogen) atoms. The number of benzene rings is 2. The number of hydrogen-bond donors (Lipinski definition) is 1. The van der Waals surface area contributed by atoms with Crippen LogP contribution in [0.2, 0.25) is 15.1 Å². The Kier molecular flexibility index (Phi) is 6.07. The molecule has 0 saturated carbocycles. The van der Waals surface area contributed by atoms with Gasteiger partial charge in [0.2, 0.25) is 0 Å². The van der Waals surface area contributed by atoms with Crippen LogP contribution in [-0.4, -0.2) is 13.7 Å². The lowest BCUT2D eigenvalue weighted by atomic mass is 10.1. The Hall–Kier alpha value is -1.29. The van der Waals surface area contributed by atoms with E-state index in [0.717, 1.165) is 11.3 Å². The molecule has 0 aliphatic rings. The van der Waals surface area contributed by atoms with Gasteiger partial charge in [-0.1, -0.05) is 34.8 Å². The Balaban J connectivity index is 2.28. The first-order valence-corrected chi connectivity index (χ1v) is 7.86. The van der Waals surface area contributed by atoms with Crippen LogP contribution < -0.4 is 14.8 Å². The van der Waals surface area contributed by atoms with Crippen molar-refractivity contribution in [1.29, 1.82) is 0 Å². The third kappa shape index (κ3) is 4.13. The van der Waals surface area contributed by atoms with Crippen molar-refractivity contribution in [3.05, 3.63) is 51.0 Å². The van der Waals surface area contributed by atoms with E-state index in [2.05, 4.69) is 5.32 Å². The Labute approximate surface area is 145 Å². The average Bonchev–Trinajstić information content (AvgIpc) is 2.50. The molecule has 0 radical (unpaired) electrons. The van der Waals surface area contributed by atoms with Crippen molar-refractivity contribution in [3.63, 3.8) is 0 Å². The van der Waals surface area contributed by atoms with Crippen molar-refractivity contribution in [2.75, 3.05) is 19.0 Å². The highest BCUT2D eigenvalue weighted by molar-refractivity contribution is 6.35. The molecule has 0 aliphatic heterocycles. The maximum Gasteiger partial charge on any atom is 0.166 e. The highest BCUT2D eigenvalue weighted by Gasteiger charge is 2.13. The van der Waals surface area contributed by atoms with E-state index in [9.17, 15) is 0 Å². The predicted octanol–water partition coefficient (Wildman–Crippen LogP) is 5.67. The maximum atomic E-state index is 6.15. The van der Waals surface area contributed by atoms with Crippen molar-refractivity contribution in [2.45, 2.75) is 13.5 Å². The second kappa shape index (κ2) is 7.82. The average molecular weight is 361 g/mol. The summed E-state index contributed by atoms with van der Waals surface area (Å²) in [6.45, 7) is 2.92. The van der Waals surface area contributed by atoms with Crippen LogP contribution in [0.25, 0.3) is 0 Å². The van der Waals surface area contributed by atoms with Gasteiger partial charge in [0.1, 0.15) is 0 Å². The second-order valence-electron chi connectivity index (χ2n) is 4.51. The topological polar surface area (TPSA) is 30.5 Å². The van der Waals surface area contributed by atoms with Crippen molar-refractivity contribution in [1.82, 2.24) is 0 Å². The first kappa shape index (κ1) is 17.1. The second-order valence-corrected chi connectivity index (χ2v) is 5.79. The van der Waals surface area contributed by atoms with Crippen LogP contribution in [-0.2, 0) is 6.54 Å². The smallest absolute Gasteiger partial charge is 0.166 e. The number of rotatable bonds is 6. The molecule has 0 heterocycles. The SMILES string of the molecule is CCOc1c(CNc2cc(Cl)ccc2Cl)cc(Cl)cc1OC. The number of nitrogens with one attached hydrogen (secondary N) is 1. The minimum Gasteiger partial charge on any atom is -0.493 e. The third-order valence-electron chi connectivity index (χ3n) is 3.00. The van der Waals surface area contributed by atoms with Crippen molar-refractivity contribution < 1.29 is 9.47 Å². The summed E-state index contributed by atoms with van der Waals surface area (Å²) in [6.07, 6.45) is 0. The molecule has 0 bridgehead atoms. The van der Waals surface area contributed by atoms with Crippen LogP contribution in [0.15, 0.2) is 30.3 Å². The zero-order valence-corrected chi connectivity index (χ0v) is 14.5. The van der Waals surface area contributed by atoms with E-state index >= 15 is 0 Å². The molecule has 2 aromatic carbocycles. The number of methoxy groups -OCH3 is 1. The largest absolute Gasteiger partial charge is 0.493 e. The highest BCUT2D eigenvalue weighted by atomic mass is 35.5. The Morgan fingerprint density at radius 2 is 1.82 bits per heavy atom. The molecular formula is C16H16Cl3NO2. The molecule has 1 N–H and O–H groups in total. The Morgan fingerprint density at radius 1 is 1.05 bits per heavy atom. The van der Waals surface area contributed by atoms with E-state index in [1.54, 1.807) is 31.4 Å². The summed E-state index contributed by atoms with van der Waals surface area (Å²) >= 11 is 18.3. The quantitative estimate of drug-likeness (QED) is 0.720. The molecule has 0 unspecified atom stereocenters. The molecule has 0 aromatic heterocycles. The lowest BCUT2D eigenvalue weighted by Crippen LogP contribution is -2.05. The lowest BCUT2D eigenvalue weighted by molar-refractivity contribution is 0.308. The van der Waals surface area contributed by atoms with Gasteiger partial charge >= 0.3 is 0 Å². The standard InChI is InChI=1S/C16H16Cl3NO2/c1-3-22-16-10(6-12(18)8-15(16)21-2)9-20-14-7-11(17)4-5-13(14)19/h4-8,20H,3,9H2,1-2H3. The van der Waals surface area contributed by atoms with Crippen molar-refractivity contribution >= 4 is 40.5 Å². The first-order valence-electron chi connectivity index (χ1n) is 6.73. The van der Waals surface area contributed by atoms with E-state index in [4.69, 9.17) is 44.3 Å². The van der Waals surface area contributed by atoms with Crippen LogP contribution >= 0.6 is 34.8 Å². The zero-order chi connectivity index (χ0) is 16.1. The first-order chi connectivity index (χ1) is 10.5. The molecule has 0 saturated heterocycles. The number of anilines is 1. The summed E-state index contributed by atoms with van der Waals surface area (Å²) < 4.78 is 11.0. The zero-order valence-electron chi connectivity index (χ0n) is 12.3. The summed E-state index contributed by atoms with van der Waals surface area (Å²) in [5.41, 5.74) is 1.62. The third-order valence-corrected chi connectivity index (χ3v) is 3.79. The fourth-order valence-corrected chi connectivity index (χ4v) is 2.62. The monoisotopic (exact) mass is 359 g/mol.